The van der Waals surface area contributed by atoms with Crippen molar-refractivity contribution in [2.24, 2.45) is 5.73 Å². The van der Waals surface area contributed by atoms with Crippen LogP contribution in [0.1, 0.15) is 17.2 Å². The summed E-state index contributed by atoms with van der Waals surface area (Å²) in [6.07, 6.45) is -0.748. The molecule has 32 heavy (non-hydrogen) atoms. The average molecular weight is 452 g/mol. The van der Waals surface area contributed by atoms with Crippen LogP contribution in [0.25, 0.3) is 0 Å². The molecular weight excluding hydrogens is 429 g/mol. The summed E-state index contributed by atoms with van der Waals surface area (Å²) in [7, 11) is 0. The zero-order chi connectivity index (χ0) is 22.5. The molecule has 2 atom stereocenters. The number of halogens is 1. The smallest absolute Gasteiger partial charge is 0.411 e. The number of carbonyl (C=O) groups excluding carboxylic acids is 1. The number of hydrogen-bond donors (Lipinski definition) is 3. The van der Waals surface area contributed by atoms with Gasteiger partial charge in [-0.2, -0.15) is 0 Å². The number of fused-ring (bicyclic) bond motifs is 1. The van der Waals surface area contributed by atoms with Gasteiger partial charge in [-0.3, -0.25) is 10.7 Å². The van der Waals surface area contributed by atoms with Gasteiger partial charge in [-0.15, -0.1) is 11.8 Å². The van der Waals surface area contributed by atoms with Crippen molar-refractivity contribution in [1.82, 2.24) is 0 Å². The van der Waals surface area contributed by atoms with E-state index in [1.807, 2.05) is 48.5 Å². The van der Waals surface area contributed by atoms with Crippen molar-refractivity contribution in [3.63, 3.8) is 0 Å². The quantitative estimate of drug-likeness (QED) is 0.341. The number of anilines is 1. The maximum Gasteiger partial charge on any atom is 0.411 e. The first-order valence-corrected chi connectivity index (χ1v) is 10.9. The summed E-state index contributed by atoms with van der Waals surface area (Å²) in [6.45, 7) is -0.0722. The molecule has 0 fully saturated rings. The summed E-state index contributed by atoms with van der Waals surface area (Å²) in [5, 5.41) is 10.0. The van der Waals surface area contributed by atoms with Crippen LogP contribution in [0.3, 0.4) is 0 Å². The highest BCUT2D eigenvalue weighted by molar-refractivity contribution is 8.01. The number of carbonyl (C=O) groups is 1. The Morgan fingerprint density at radius 3 is 2.62 bits per heavy atom. The summed E-state index contributed by atoms with van der Waals surface area (Å²) in [6, 6.07) is 21.0. The fraction of sp³-hybridized carbons (Fsp3) is 0.167. The predicted octanol–water partition coefficient (Wildman–Crippen LogP) is 5.15. The topological polar surface area (TPSA) is 97.4 Å². The molecule has 0 radical (unpaired) electrons. The molecule has 3 aromatic carbocycles. The molecule has 1 amide bonds. The van der Waals surface area contributed by atoms with Crippen molar-refractivity contribution in [1.29, 1.82) is 5.41 Å². The van der Waals surface area contributed by atoms with E-state index in [4.69, 9.17) is 20.6 Å². The van der Waals surface area contributed by atoms with Gasteiger partial charge in [0.15, 0.2) is 6.10 Å². The molecule has 0 bridgehead atoms. The maximum atomic E-state index is 13.8. The van der Waals surface area contributed by atoms with E-state index in [1.165, 1.54) is 12.1 Å². The van der Waals surface area contributed by atoms with E-state index in [0.29, 0.717) is 12.2 Å². The van der Waals surface area contributed by atoms with Crippen LogP contribution < -0.4 is 15.8 Å². The highest BCUT2D eigenvalue weighted by atomic mass is 32.2. The second-order valence-corrected chi connectivity index (χ2v) is 8.46. The Labute approximate surface area is 189 Å². The second kappa shape index (κ2) is 9.74. The van der Waals surface area contributed by atoms with Crippen molar-refractivity contribution in [2.45, 2.75) is 22.7 Å². The monoisotopic (exact) mass is 451 g/mol. The average Bonchev–Trinajstić information content (AvgIpc) is 3.24. The number of nitrogens with one attached hydrogen (secondary N) is 2. The zero-order valence-corrected chi connectivity index (χ0v) is 17.9. The first-order valence-electron chi connectivity index (χ1n) is 10.0. The van der Waals surface area contributed by atoms with Crippen LogP contribution >= 0.6 is 11.8 Å². The number of benzene rings is 3. The fourth-order valence-electron chi connectivity index (χ4n) is 3.40. The molecule has 164 valence electrons. The number of rotatable bonds is 7. The number of amides is 1. The first kappa shape index (κ1) is 21.7. The van der Waals surface area contributed by atoms with Crippen LogP contribution in [-0.4, -0.2) is 23.8 Å². The third kappa shape index (κ3) is 5.03. The zero-order valence-electron chi connectivity index (χ0n) is 17.1. The van der Waals surface area contributed by atoms with Crippen LogP contribution in [0.5, 0.6) is 5.75 Å². The van der Waals surface area contributed by atoms with Crippen molar-refractivity contribution < 1.29 is 18.7 Å². The molecule has 0 saturated heterocycles. The molecule has 0 saturated carbocycles. The molecule has 4 rings (SSSR count). The van der Waals surface area contributed by atoms with Crippen LogP contribution in [0.4, 0.5) is 14.9 Å². The van der Waals surface area contributed by atoms with Crippen molar-refractivity contribution >= 4 is 29.4 Å². The Morgan fingerprint density at radius 1 is 1.12 bits per heavy atom. The molecule has 0 aliphatic carbocycles. The van der Waals surface area contributed by atoms with E-state index < -0.39 is 18.0 Å². The summed E-state index contributed by atoms with van der Waals surface area (Å²) in [5.41, 5.74) is 7.56. The minimum Gasteiger partial charge on any atom is -0.482 e. The minimum absolute atomic E-state index is 0.0443. The minimum atomic E-state index is -0.773. The van der Waals surface area contributed by atoms with Gasteiger partial charge in [0.1, 0.15) is 24.0 Å². The van der Waals surface area contributed by atoms with Crippen molar-refractivity contribution in [3.8, 4) is 5.75 Å². The van der Waals surface area contributed by atoms with Gasteiger partial charge in [0.05, 0.1) is 10.9 Å². The molecule has 0 spiro atoms. The lowest BCUT2D eigenvalue weighted by molar-refractivity contribution is 0.0893. The fourth-order valence-corrected chi connectivity index (χ4v) is 4.57. The maximum absolute atomic E-state index is 13.8. The molecule has 0 aromatic heterocycles. The van der Waals surface area contributed by atoms with E-state index in [-0.39, 0.29) is 23.4 Å². The van der Waals surface area contributed by atoms with E-state index in [9.17, 15) is 9.18 Å². The molecule has 6 nitrogen and oxygen atoms in total. The van der Waals surface area contributed by atoms with E-state index in [1.54, 1.807) is 23.9 Å². The van der Waals surface area contributed by atoms with E-state index in [2.05, 4.69) is 5.32 Å². The summed E-state index contributed by atoms with van der Waals surface area (Å²) in [4.78, 5) is 13.3. The van der Waals surface area contributed by atoms with Gasteiger partial charge in [0, 0.05) is 10.5 Å². The SMILES string of the molecule is N=C(N)C1Cc2c(OC(COC(=O)Nc3ccccc3F)c3ccccc3)cccc2S1. The first-order chi connectivity index (χ1) is 15.5. The van der Waals surface area contributed by atoms with Gasteiger partial charge in [-0.25, -0.2) is 9.18 Å². The van der Waals surface area contributed by atoms with Gasteiger partial charge in [0.25, 0.3) is 0 Å². The summed E-state index contributed by atoms with van der Waals surface area (Å²) in [5.74, 6) is 0.244. The van der Waals surface area contributed by atoms with Crippen LogP contribution in [-0.2, 0) is 11.2 Å². The molecule has 2 unspecified atom stereocenters. The van der Waals surface area contributed by atoms with Crippen LogP contribution in [0.15, 0.2) is 77.7 Å². The highest BCUT2D eigenvalue weighted by Gasteiger charge is 2.28. The number of amidine groups is 1. The van der Waals surface area contributed by atoms with Gasteiger partial charge < -0.3 is 15.2 Å². The number of hydrogen-bond acceptors (Lipinski definition) is 5. The number of nitrogens with two attached hydrogens (primary N) is 1. The number of para-hydroxylation sites is 1. The molecule has 1 aliphatic heterocycles. The molecule has 4 N–H and O–H groups in total. The predicted molar refractivity (Wildman–Crippen MR) is 123 cm³/mol. The molecule has 1 heterocycles. The number of ether oxygens (including phenoxy) is 2. The van der Waals surface area contributed by atoms with E-state index in [0.717, 1.165) is 16.0 Å². The molecular formula is C24H22FN3O3S. The second-order valence-electron chi connectivity index (χ2n) is 7.22. The van der Waals surface area contributed by atoms with Crippen molar-refractivity contribution in [3.05, 3.63) is 89.7 Å². The lowest BCUT2D eigenvalue weighted by Gasteiger charge is -2.21. The largest absolute Gasteiger partial charge is 0.482 e. The van der Waals surface area contributed by atoms with Crippen LogP contribution in [0, 0.1) is 11.2 Å². The summed E-state index contributed by atoms with van der Waals surface area (Å²) < 4.78 is 25.5. The Hall–Kier alpha value is -3.52. The standard InChI is InChI=1S/C24H22FN3O3S/c25-17-9-4-5-10-18(17)28-24(29)30-14-20(15-7-2-1-3-8-15)31-19-11-6-12-21-16(19)13-22(32-21)23(26)27/h1-12,20,22H,13-14H2,(H3,26,27)(H,28,29). The lowest BCUT2D eigenvalue weighted by atomic mass is 10.1. The molecule has 3 aromatic rings. The van der Waals surface area contributed by atoms with E-state index >= 15 is 0 Å². The highest BCUT2D eigenvalue weighted by Crippen LogP contribution is 2.42. The third-order valence-electron chi connectivity index (χ3n) is 5.01. The lowest BCUT2D eigenvalue weighted by Crippen LogP contribution is -2.24. The van der Waals surface area contributed by atoms with Crippen molar-refractivity contribution in [2.75, 3.05) is 11.9 Å². The van der Waals surface area contributed by atoms with Gasteiger partial charge >= 0.3 is 6.09 Å². The summed E-state index contributed by atoms with van der Waals surface area (Å²) >= 11 is 1.54. The van der Waals surface area contributed by atoms with Crippen LogP contribution in [0.2, 0.25) is 0 Å². The molecule has 8 heteroatoms. The Balaban J connectivity index is 1.50. The van der Waals surface area contributed by atoms with Gasteiger partial charge in [0.2, 0.25) is 0 Å². The van der Waals surface area contributed by atoms with Gasteiger partial charge in [-0.05, 0) is 36.2 Å². The third-order valence-corrected chi connectivity index (χ3v) is 6.35. The number of thioether (sulfide) groups is 1. The van der Waals surface area contributed by atoms with Gasteiger partial charge in [-0.1, -0.05) is 48.5 Å². The Morgan fingerprint density at radius 2 is 1.88 bits per heavy atom. The Kier molecular flexibility index (Phi) is 6.61. The Bertz CT molecular complexity index is 1130. The normalized spacial score (nSPS) is 15.5. The molecule has 1 aliphatic rings.